The van der Waals surface area contributed by atoms with Crippen LogP contribution in [0.25, 0.3) is 0 Å². The SMILES string of the molecule is CN1CCN(c2ccc(Cl)cc2NC(=O)[C@H]2CC(=O)N(c3ccccc3F)C2)CC1. The first-order chi connectivity index (χ1) is 14.4. The summed E-state index contributed by atoms with van der Waals surface area (Å²) in [6, 6.07) is 11.6. The zero-order valence-corrected chi connectivity index (χ0v) is 17.5. The van der Waals surface area contributed by atoms with Crippen molar-refractivity contribution in [1.29, 1.82) is 0 Å². The Bertz CT molecular complexity index is 962. The Morgan fingerprint density at radius 2 is 1.83 bits per heavy atom. The van der Waals surface area contributed by atoms with Gasteiger partial charge in [0.15, 0.2) is 0 Å². The molecule has 2 aromatic carbocycles. The summed E-state index contributed by atoms with van der Waals surface area (Å²) in [5, 5.41) is 3.48. The summed E-state index contributed by atoms with van der Waals surface area (Å²) in [6.07, 6.45) is 0.0462. The minimum Gasteiger partial charge on any atom is -0.367 e. The van der Waals surface area contributed by atoms with Crippen LogP contribution >= 0.6 is 11.6 Å². The van der Waals surface area contributed by atoms with Gasteiger partial charge in [0.2, 0.25) is 11.8 Å². The number of benzene rings is 2. The van der Waals surface area contributed by atoms with Gasteiger partial charge in [0, 0.05) is 44.2 Å². The minimum atomic E-state index is -0.559. The number of piperazine rings is 1. The topological polar surface area (TPSA) is 55.9 Å². The Labute approximate surface area is 180 Å². The maximum absolute atomic E-state index is 14.1. The Kier molecular flexibility index (Phi) is 5.92. The van der Waals surface area contributed by atoms with E-state index in [1.807, 2.05) is 12.1 Å². The molecule has 1 atom stereocenters. The lowest BCUT2D eigenvalue weighted by Crippen LogP contribution is -2.44. The first-order valence-corrected chi connectivity index (χ1v) is 10.4. The summed E-state index contributed by atoms with van der Waals surface area (Å²) in [6.45, 7) is 3.72. The van der Waals surface area contributed by atoms with Crippen LogP contribution in [0.3, 0.4) is 0 Å². The lowest BCUT2D eigenvalue weighted by molar-refractivity contribution is -0.122. The number of rotatable bonds is 4. The van der Waals surface area contributed by atoms with Gasteiger partial charge in [0.05, 0.1) is 23.0 Å². The predicted molar refractivity (Wildman–Crippen MR) is 117 cm³/mol. The van der Waals surface area contributed by atoms with Crippen molar-refractivity contribution in [2.75, 3.05) is 54.9 Å². The molecule has 0 spiro atoms. The summed E-state index contributed by atoms with van der Waals surface area (Å²) < 4.78 is 14.1. The van der Waals surface area contributed by atoms with E-state index in [-0.39, 0.29) is 30.5 Å². The number of amides is 2. The lowest BCUT2D eigenvalue weighted by Gasteiger charge is -2.35. The summed E-state index contributed by atoms with van der Waals surface area (Å²) in [4.78, 5) is 31.2. The van der Waals surface area contributed by atoms with Crippen molar-refractivity contribution in [3.8, 4) is 0 Å². The third kappa shape index (κ3) is 4.27. The first-order valence-electron chi connectivity index (χ1n) is 10.0. The van der Waals surface area contributed by atoms with Crippen LogP contribution in [0.1, 0.15) is 6.42 Å². The largest absolute Gasteiger partial charge is 0.367 e. The van der Waals surface area contributed by atoms with E-state index in [1.54, 1.807) is 24.3 Å². The first kappa shape index (κ1) is 20.6. The average Bonchev–Trinajstić information content (AvgIpc) is 3.11. The Morgan fingerprint density at radius 1 is 1.10 bits per heavy atom. The third-order valence-electron chi connectivity index (χ3n) is 5.70. The molecule has 2 heterocycles. The molecule has 4 rings (SSSR count). The number of nitrogens with zero attached hydrogens (tertiary/aromatic N) is 3. The molecule has 30 heavy (non-hydrogen) atoms. The van der Waals surface area contributed by atoms with Gasteiger partial charge in [-0.05, 0) is 37.4 Å². The van der Waals surface area contributed by atoms with Crippen LogP contribution in [0, 0.1) is 11.7 Å². The molecule has 2 aromatic rings. The number of carbonyl (C=O) groups is 2. The van der Waals surface area contributed by atoms with Crippen LogP contribution < -0.4 is 15.1 Å². The maximum atomic E-state index is 14.1. The van der Waals surface area contributed by atoms with Gasteiger partial charge in [0.25, 0.3) is 0 Å². The van der Waals surface area contributed by atoms with Crippen molar-refractivity contribution in [2.45, 2.75) is 6.42 Å². The summed E-state index contributed by atoms with van der Waals surface area (Å²) in [7, 11) is 2.08. The molecular weight excluding hydrogens is 407 g/mol. The van der Waals surface area contributed by atoms with E-state index < -0.39 is 11.7 Å². The normalized spacial score (nSPS) is 20.0. The molecule has 0 unspecified atom stereocenters. The third-order valence-corrected chi connectivity index (χ3v) is 5.93. The zero-order valence-electron chi connectivity index (χ0n) is 16.8. The van der Waals surface area contributed by atoms with Crippen molar-refractivity contribution >= 4 is 40.5 Å². The van der Waals surface area contributed by atoms with Gasteiger partial charge in [-0.2, -0.15) is 0 Å². The second-order valence-electron chi connectivity index (χ2n) is 7.80. The summed E-state index contributed by atoms with van der Waals surface area (Å²) >= 11 is 6.18. The molecule has 0 radical (unpaired) electrons. The second kappa shape index (κ2) is 8.62. The number of anilines is 3. The maximum Gasteiger partial charge on any atom is 0.229 e. The molecule has 0 bridgehead atoms. The smallest absolute Gasteiger partial charge is 0.229 e. The van der Waals surface area contributed by atoms with E-state index in [2.05, 4.69) is 22.2 Å². The highest BCUT2D eigenvalue weighted by atomic mass is 35.5. The van der Waals surface area contributed by atoms with Crippen LogP contribution in [0.4, 0.5) is 21.5 Å². The highest BCUT2D eigenvalue weighted by molar-refractivity contribution is 6.31. The highest BCUT2D eigenvalue weighted by Gasteiger charge is 2.36. The number of para-hydroxylation sites is 1. The van der Waals surface area contributed by atoms with Crippen molar-refractivity contribution in [3.63, 3.8) is 0 Å². The molecule has 158 valence electrons. The standard InChI is InChI=1S/C22H24ClFN4O2/c1-26-8-10-27(11-9-26)20-7-6-16(23)13-18(20)25-22(30)15-12-21(29)28(14-15)19-5-3-2-4-17(19)24/h2-7,13,15H,8-12,14H2,1H3,(H,25,30)/t15-/m0/s1. The van der Waals surface area contributed by atoms with E-state index >= 15 is 0 Å². The number of halogens is 2. The lowest BCUT2D eigenvalue weighted by atomic mass is 10.1. The number of nitrogens with one attached hydrogen (secondary N) is 1. The Hall–Kier alpha value is -2.64. The fourth-order valence-corrected chi connectivity index (χ4v) is 4.13. The van der Waals surface area contributed by atoms with Crippen molar-refractivity contribution in [1.82, 2.24) is 4.90 Å². The van der Waals surface area contributed by atoms with Crippen LogP contribution in [0.15, 0.2) is 42.5 Å². The highest BCUT2D eigenvalue weighted by Crippen LogP contribution is 2.32. The van der Waals surface area contributed by atoms with Gasteiger partial charge < -0.3 is 20.0 Å². The van der Waals surface area contributed by atoms with E-state index in [0.717, 1.165) is 31.9 Å². The molecule has 2 aliphatic rings. The van der Waals surface area contributed by atoms with Crippen molar-refractivity contribution in [2.24, 2.45) is 5.92 Å². The minimum absolute atomic E-state index is 0.0462. The van der Waals surface area contributed by atoms with E-state index in [1.165, 1.54) is 11.0 Å². The number of hydrogen-bond donors (Lipinski definition) is 1. The number of likely N-dealkylation sites (N-methyl/N-ethyl adjacent to an activating group) is 1. The van der Waals surface area contributed by atoms with Crippen LogP contribution in [0.2, 0.25) is 5.02 Å². The van der Waals surface area contributed by atoms with Crippen LogP contribution in [-0.2, 0) is 9.59 Å². The van der Waals surface area contributed by atoms with Crippen molar-refractivity contribution < 1.29 is 14.0 Å². The molecule has 1 N–H and O–H groups in total. The number of carbonyl (C=O) groups excluding carboxylic acids is 2. The molecule has 2 amide bonds. The van der Waals surface area contributed by atoms with Crippen LogP contribution in [-0.4, -0.2) is 56.5 Å². The van der Waals surface area contributed by atoms with Crippen molar-refractivity contribution in [3.05, 3.63) is 53.3 Å². The van der Waals surface area contributed by atoms with Gasteiger partial charge in [-0.3, -0.25) is 9.59 Å². The van der Waals surface area contributed by atoms with Gasteiger partial charge in [-0.1, -0.05) is 23.7 Å². The summed E-state index contributed by atoms with van der Waals surface area (Å²) in [5.41, 5.74) is 1.75. The average molecular weight is 431 g/mol. The fraction of sp³-hybridized carbons (Fsp3) is 0.364. The fourth-order valence-electron chi connectivity index (χ4n) is 3.95. The molecule has 0 saturated carbocycles. The summed E-state index contributed by atoms with van der Waals surface area (Å²) in [5.74, 6) is -1.55. The van der Waals surface area contributed by atoms with E-state index in [9.17, 15) is 14.0 Å². The molecule has 8 heteroatoms. The predicted octanol–water partition coefficient (Wildman–Crippen LogP) is 3.22. The van der Waals surface area contributed by atoms with Gasteiger partial charge >= 0.3 is 0 Å². The molecule has 6 nitrogen and oxygen atoms in total. The van der Waals surface area contributed by atoms with E-state index in [0.29, 0.717) is 10.7 Å². The molecule has 0 aromatic heterocycles. The van der Waals surface area contributed by atoms with Gasteiger partial charge in [-0.25, -0.2) is 4.39 Å². The molecular formula is C22H24ClFN4O2. The van der Waals surface area contributed by atoms with Gasteiger partial charge in [0.1, 0.15) is 5.82 Å². The Morgan fingerprint density at radius 3 is 2.57 bits per heavy atom. The molecule has 0 aliphatic carbocycles. The Balaban J connectivity index is 1.50. The molecule has 2 saturated heterocycles. The van der Waals surface area contributed by atoms with Gasteiger partial charge in [-0.15, -0.1) is 0 Å². The quantitative estimate of drug-likeness (QED) is 0.809. The zero-order chi connectivity index (χ0) is 21.3. The second-order valence-corrected chi connectivity index (χ2v) is 8.23. The monoisotopic (exact) mass is 430 g/mol. The van der Waals surface area contributed by atoms with E-state index in [4.69, 9.17) is 11.6 Å². The number of hydrogen-bond acceptors (Lipinski definition) is 4. The molecule has 2 aliphatic heterocycles. The molecule has 2 fully saturated rings. The van der Waals surface area contributed by atoms with Crippen LogP contribution in [0.5, 0.6) is 0 Å².